The molecule has 96 valence electrons. The van der Waals surface area contributed by atoms with Crippen molar-refractivity contribution in [2.75, 3.05) is 13.1 Å². The molecular weight excluding hydrogens is 248 g/mol. The van der Waals surface area contributed by atoms with Crippen molar-refractivity contribution in [2.45, 2.75) is 6.92 Å². The zero-order valence-corrected chi connectivity index (χ0v) is 10.2. The van der Waals surface area contributed by atoms with E-state index in [0.29, 0.717) is 5.56 Å². The maximum absolute atomic E-state index is 12.0. The first-order valence-electron chi connectivity index (χ1n) is 5.29. The molecule has 19 heavy (non-hydrogen) atoms. The molecule has 0 unspecified atom stereocenters. The second-order valence-electron chi connectivity index (χ2n) is 3.74. The summed E-state index contributed by atoms with van der Waals surface area (Å²) in [5.74, 6) is -0.578. The van der Waals surface area contributed by atoms with E-state index in [4.69, 9.17) is 10.5 Å². The molecule has 0 aliphatic rings. The third kappa shape index (κ3) is 3.27. The van der Waals surface area contributed by atoms with Crippen molar-refractivity contribution in [3.8, 4) is 12.1 Å². The van der Waals surface area contributed by atoms with E-state index in [-0.39, 0.29) is 24.3 Å². The monoisotopic (exact) mass is 258 g/mol. The number of nitro groups is 1. The van der Waals surface area contributed by atoms with Crippen molar-refractivity contribution in [1.29, 1.82) is 10.5 Å². The minimum Gasteiger partial charge on any atom is -0.312 e. The number of nitro benzene ring substituents is 1. The van der Waals surface area contributed by atoms with Gasteiger partial charge in [-0.3, -0.25) is 14.9 Å². The van der Waals surface area contributed by atoms with Gasteiger partial charge in [-0.25, -0.2) is 0 Å². The van der Waals surface area contributed by atoms with Gasteiger partial charge in [-0.2, -0.15) is 10.5 Å². The molecule has 7 nitrogen and oxygen atoms in total. The van der Waals surface area contributed by atoms with E-state index in [1.807, 2.05) is 0 Å². The Balaban J connectivity index is 3.12. The van der Waals surface area contributed by atoms with Crippen LogP contribution >= 0.6 is 0 Å². The SMILES string of the molecule is Cc1ccc(C(=O)N(CC#N)CC#N)cc1[N+](=O)[O-]. The quantitative estimate of drug-likeness (QED) is 0.460. The number of aryl methyl sites for hydroxylation is 1. The maximum Gasteiger partial charge on any atom is 0.273 e. The van der Waals surface area contributed by atoms with Crippen LogP contribution in [0.4, 0.5) is 5.69 Å². The van der Waals surface area contributed by atoms with E-state index in [1.54, 1.807) is 19.1 Å². The molecular formula is C12H10N4O3. The number of nitrogens with zero attached hydrogens (tertiary/aromatic N) is 4. The Morgan fingerprint density at radius 2 is 1.95 bits per heavy atom. The first-order valence-corrected chi connectivity index (χ1v) is 5.29. The average molecular weight is 258 g/mol. The normalized spacial score (nSPS) is 9.21. The number of carbonyl (C=O) groups is 1. The Labute approximate surface area is 109 Å². The summed E-state index contributed by atoms with van der Waals surface area (Å²) < 4.78 is 0. The summed E-state index contributed by atoms with van der Waals surface area (Å²) in [4.78, 5) is 23.2. The second-order valence-corrected chi connectivity index (χ2v) is 3.74. The Kier molecular flexibility index (Phi) is 4.56. The summed E-state index contributed by atoms with van der Waals surface area (Å²) in [6.45, 7) is 1.08. The Morgan fingerprint density at radius 3 is 2.42 bits per heavy atom. The Bertz CT molecular complexity index is 582. The van der Waals surface area contributed by atoms with E-state index in [1.165, 1.54) is 12.1 Å². The molecule has 0 fully saturated rings. The lowest BCUT2D eigenvalue weighted by molar-refractivity contribution is -0.385. The molecule has 0 N–H and O–H groups in total. The van der Waals surface area contributed by atoms with Crippen molar-refractivity contribution in [1.82, 2.24) is 4.90 Å². The number of rotatable bonds is 4. The van der Waals surface area contributed by atoms with Crippen molar-refractivity contribution >= 4 is 11.6 Å². The van der Waals surface area contributed by atoms with E-state index in [2.05, 4.69) is 0 Å². The zero-order valence-electron chi connectivity index (χ0n) is 10.2. The molecule has 0 atom stereocenters. The molecule has 0 heterocycles. The third-order valence-corrected chi connectivity index (χ3v) is 2.46. The highest BCUT2D eigenvalue weighted by Gasteiger charge is 2.19. The van der Waals surface area contributed by atoms with E-state index < -0.39 is 10.8 Å². The van der Waals surface area contributed by atoms with Crippen LogP contribution in [-0.4, -0.2) is 28.8 Å². The fourth-order valence-electron chi connectivity index (χ4n) is 1.49. The van der Waals surface area contributed by atoms with Crippen LogP contribution in [0.15, 0.2) is 18.2 Å². The summed E-state index contributed by atoms with van der Waals surface area (Å²) >= 11 is 0. The van der Waals surface area contributed by atoms with Gasteiger partial charge in [-0.05, 0) is 13.0 Å². The Hall–Kier alpha value is -2.93. The molecule has 0 aliphatic heterocycles. The van der Waals surface area contributed by atoms with Gasteiger partial charge in [0.1, 0.15) is 13.1 Å². The number of hydrogen-bond acceptors (Lipinski definition) is 5. The molecule has 0 aromatic heterocycles. The molecule has 0 saturated carbocycles. The number of benzene rings is 1. The summed E-state index contributed by atoms with van der Waals surface area (Å²) in [7, 11) is 0. The van der Waals surface area contributed by atoms with Gasteiger partial charge in [0.2, 0.25) is 0 Å². The van der Waals surface area contributed by atoms with Crippen molar-refractivity contribution in [3.63, 3.8) is 0 Å². The van der Waals surface area contributed by atoms with Crippen LogP contribution in [0.1, 0.15) is 15.9 Å². The van der Waals surface area contributed by atoms with Crippen molar-refractivity contribution < 1.29 is 9.72 Å². The fourth-order valence-corrected chi connectivity index (χ4v) is 1.49. The molecule has 0 radical (unpaired) electrons. The molecule has 1 aromatic rings. The van der Waals surface area contributed by atoms with Crippen molar-refractivity contribution in [2.24, 2.45) is 0 Å². The number of hydrogen-bond donors (Lipinski definition) is 0. The largest absolute Gasteiger partial charge is 0.312 e. The maximum atomic E-state index is 12.0. The second kappa shape index (κ2) is 6.12. The lowest BCUT2D eigenvalue weighted by atomic mass is 10.1. The van der Waals surface area contributed by atoms with Gasteiger partial charge < -0.3 is 4.90 Å². The third-order valence-electron chi connectivity index (χ3n) is 2.46. The lowest BCUT2D eigenvalue weighted by Crippen LogP contribution is -2.31. The zero-order chi connectivity index (χ0) is 14.4. The summed E-state index contributed by atoms with van der Waals surface area (Å²) in [5.41, 5.74) is 0.358. The van der Waals surface area contributed by atoms with Gasteiger partial charge in [0.15, 0.2) is 0 Å². The highest BCUT2D eigenvalue weighted by atomic mass is 16.6. The van der Waals surface area contributed by atoms with Gasteiger partial charge in [0.05, 0.1) is 17.1 Å². The van der Waals surface area contributed by atoms with Crippen LogP contribution in [0.3, 0.4) is 0 Å². The lowest BCUT2D eigenvalue weighted by Gasteiger charge is -2.15. The van der Waals surface area contributed by atoms with Crippen LogP contribution in [0.2, 0.25) is 0 Å². The molecule has 1 rings (SSSR count). The molecule has 0 saturated heterocycles. The predicted molar refractivity (Wildman–Crippen MR) is 65.0 cm³/mol. The van der Waals surface area contributed by atoms with Crippen LogP contribution in [-0.2, 0) is 0 Å². The smallest absolute Gasteiger partial charge is 0.273 e. The molecule has 0 aliphatic carbocycles. The summed E-state index contributed by atoms with van der Waals surface area (Å²) in [5, 5.41) is 28.0. The highest BCUT2D eigenvalue weighted by molar-refractivity contribution is 5.95. The van der Waals surface area contributed by atoms with Crippen LogP contribution in [0.5, 0.6) is 0 Å². The fraction of sp³-hybridized carbons (Fsp3) is 0.250. The molecule has 1 aromatic carbocycles. The van der Waals surface area contributed by atoms with Crippen LogP contribution in [0.25, 0.3) is 0 Å². The molecule has 0 spiro atoms. The minimum absolute atomic E-state index is 0.0859. The number of amides is 1. The Morgan fingerprint density at radius 1 is 1.37 bits per heavy atom. The highest BCUT2D eigenvalue weighted by Crippen LogP contribution is 2.20. The topological polar surface area (TPSA) is 111 Å². The first kappa shape index (κ1) is 14.1. The first-order chi connectivity index (χ1) is 9.01. The van der Waals surface area contributed by atoms with Gasteiger partial charge in [0, 0.05) is 17.2 Å². The number of nitriles is 2. The minimum atomic E-state index is -0.578. The van der Waals surface area contributed by atoms with E-state index in [0.717, 1.165) is 11.0 Å². The molecule has 0 bridgehead atoms. The summed E-state index contributed by atoms with van der Waals surface area (Å²) in [6.07, 6.45) is 0. The van der Waals surface area contributed by atoms with Crippen LogP contribution < -0.4 is 0 Å². The van der Waals surface area contributed by atoms with Crippen LogP contribution in [0, 0.1) is 39.7 Å². The predicted octanol–water partition coefficient (Wildman–Crippen LogP) is 1.39. The van der Waals surface area contributed by atoms with E-state index in [9.17, 15) is 14.9 Å². The summed E-state index contributed by atoms with van der Waals surface area (Å²) in [6, 6.07) is 7.59. The van der Waals surface area contributed by atoms with Gasteiger partial charge in [-0.15, -0.1) is 0 Å². The molecule has 1 amide bonds. The standard InChI is InChI=1S/C12H10N4O3/c1-9-2-3-10(8-11(9)16(18)19)12(17)15(6-4-13)7-5-14/h2-3,8H,6-7H2,1H3. The molecule has 7 heteroatoms. The van der Waals surface area contributed by atoms with Gasteiger partial charge >= 0.3 is 0 Å². The van der Waals surface area contributed by atoms with Gasteiger partial charge in [-0.1, -0.05) is 6.07 Å². The van der Waals surface area contributed by atoms with Crippen molar-refractivity contribution in [3.05, 3.63) is 39.4 Å². The van der Waals surface area contributed by atoms with E-state index >= 15 is 0 Å². The average Bonchev–Trinajstić information content (AvgIpc) is 2.38. The number of carbonyl (C=O) groups excluding carboxylic acids is 1. The van der Waals surface area contributed by atoms with Gasteiger partial charge in [0.25, 0.3) is 11.6 Å².